The number of hydrogen-bond acceptors (Lipinski definition) is 3. The predicted molar refractivity (Wildman–Crippen MR) is 83.1 cm³/mol. The molecule has 0 bridgehead atoms. The number of rotatable bonds is 6. The Morgan fingerprint density at radius 1 is 1.21 bits per heavy atom. The Kier molecular flexibility index (Phi) is 5.67. The van der Waals surface area contributed by atoms with Gasteiger partial charge in [-0.25, -0.2) is 0 Å². The average molecular weight is 264 g/mol. The normalized spacial score (nSPS) is 12.6. The molecular weight excluding hydrogens is 236 g/mol. The lowest BCUT2D eigenvalue weighted by Crippen LogP contribution is -2.27. The van der Waals surface area contributed by atoms with E-state index in [-0.39, 0.29) is 0 Å². The second-order valence-electron chi connectivity index (χ2n) is 5.64. The highest BCUT2D eigenvalue weighted by Gasteiger charge is 2.14. The van der Waals surface area contributed by atoms with E-state index in [0.29, 0.717) is 11.8 Å². The van der Waals surface area contributed by atoms with E-state index in [9.17, 15) is 0 Å². The maximum absolute atomic E-state index is 5.83. The van der Waals surface area contributed by atoms with Crippen LogP contribution in [0.4, 0.5) is 5.69 Å². The van der Waals surface area contributed by atoms with E-state index in [0.717, 1.165) is 18.8 Å². The van der Waals surface area contributed by atoms with E-state index in [1.807, 2.05) is 0 Å². The minimum Gasteiger partial charge on any atom is -0.496 e. The molecule has 3 nitrogen and oxygen atoms in total. The van der Waals surface area contributed by atoms with Gasteiger partial charge in [0.15, 0.2) is 0 Å². The second-order valence-corrected chi connectivity index (χ2v) is 5.64. The smallest absolute Gasteiger partial charge is 0.122 e. The molecule has 0 fully saturated rings. The molecule has 0 aliphatic carbocycles. The molecule has 0 saturated carbocycles. The highest BCUT2D eigenvalue weighted by molar-refractivity contribution is 5.63. The molecule has 0 spiro atoms. The molecule has 0 radical (unpaired) electrons. The van der Waals surface area contributed by atoms with Gasteiger partial charge in [0, 0.05) is 12.2 Å². The van der Waals surface area contributed by atoms with E-state index in [4.69, 9.17) is 10.5 Å². The Morgan fingerprint density at radius 3 is 2.32 bits per heavy atom. The van der Waals surface area contributed by atoms with Gasteiger partial charge in [0.2, 0.25) is 0 Å². The summed E-state index contributed by atoms with van der Waals surface area (Å²) in [7, 11) is 1.72. The summed E-state index contributed by atoms with van der Waals surface area (Å²) in [6.45, 7) is 12.4. The van der Waals surface area contributed by atoms with Crippen LogP contribution in [0.2, 0.25) is 0 Å². The fourth-order valence-electron chi connectivity index (χ4n) is 2.35. The first-order valence-electron chi connectivity index (χ1n) is 7.01. The molecule has 1 aromatic rings. The van der Waals surface area contributed by atoms with Crippen LogP contribution in [0, 0.1) is 32.6 Å². The van der Waals surface area contributed by atoms with Crippen molar-refractivity contribution in [1.29, 1.82) is 0 Å². The fraction of sp³-hybridized carbons (Fsp3) is 0.625. The lowest BCUT2D eigenvalue weighted by molar-refractivity contribution is 0.409. The molecule has 0 aliphatic rings. The number of hydrogen-bond donors (Lipinski definition) is 2. The van der Waals surface area contributed by atoms with Gasteiger partial charge >= 0.3 is 0 Å². The van der Waals surface area contributed by atoms with Gasteiger partial charge in [-0.1, -0.05) is 13.8 Å². The summed E-state index contributed by atoms with van der Waals surface area (Å²) in [5.74, 6) is 2.05. The third kappa shape index (κ3) is 3.63. The highest BCUT2D eigenvalue weighted by Crippen LogP contribution is 2.31. The fourth-order valence-corrected chi connectivity index (χ4v) is 2.35. The molecule has 19 heavy (non-hydrogen) atoms. The molecule has 0 saturated heterocycles. The number of nitrogens with two attached hydrogens (primary N) is 1. The number of anilines is 1. The van der Waals surface area contributed by atoms with Crippen LogP contribution in [0.15, 0.2) is 6.07 Å². The van der Waals surface area contributed by atoms with Gasteiger partial charge in [-0.05, 0) is 61.9 Å². The number of methoxy groups -OCH3 is 1. The molecule has 0 aromatic heterocycles. The van der Waals surface area contributed by atoms with Gasteiger partial charge < -0.3 is 15.8 Å². The van der Waals surface area contributed by atoms with E-state index in [1.165, 1.54) is 22.4 Å². The van der Waals surface area contributed by atoms with Crippen LogP contribution in [-0.4, -0.2) is 20.2 Å². The topological polar surface area (TPSA) is 47.3 Å². The second kappa shape index (κ2) is 6.80. The van der Waals surface area contributed by atoms with Crippen LogP contribution in [0.3, 0.4) is 0 Å². The summed E-state index contributed by atoms with van der Waals surface area (Å²) in [6, 6.07) is 2.09. The first-order valence-corrected chi connectivity index (χ1v) is 7.01. The largest absolute Gasteiger partial charge is 0.496 e. The number of nitrogens with one attached hydrogen (secondary N) is 1. The van der Waals surface area contributed by atoms with Crippen molar-refractivity contribution in [2.24, 2.45) is 17.6 Å². The quantitative estimate of drug-likeness (QED) is 0.829. The highest BCUT2D eigenvalue weighted by atomic mass is 16.5. The number of aryl methyl sites for hydroxylation is 1. The standard InChI is InChI=1S/C16H28N2O/c1-10(2)14(8-17)9-18-16-11(3)7-15(19-6)12(4)13(16)5/h7,10,14,18H,8-9,17H2,1-6H3. The van der Waals surface area contributed by atoms with Gasteiger partial charge in [-0.3, -0.25) is 0 Å². The van der Waals surface area contributed by atoms with Crippen LogP contribution in [0.1, 0.15) is 30.5 Å². The van der Waals surface area contributed by atoms with Crippen LogP contribution in [0.25, 0.3) is 0 Å². The van der Waals surface area contributed by atoms with Gasteiger partial charge in [-0.15, -0.1) is 0 Å². The maximum Gasteiger partial charge on any atom is 0.122 e. The Labute approximate surface area is 117 Å². The first kappa shape index (κ1) is 15.8. The molecule has 108 valence electrons. The SMILES string of the molecule is COc1cc(C)c(NCC(CN)C(C)C)c(C)c1C. The Balaban J connectivity index is 2.93. The molecule has 3 N–H and O–H groups in total. The Bertz CT molecular complexity index is 427. The number of ether oxygens (including phenoxy) is 1. The van der Waals surface area contributed by atoms with Crippen molar-refractivity contribution in [1.82, 2.24) is 0 Å². The molecule has 1 aromatic carbocycles. The maximum atomic E-state index is 5.83. The van der Waals surface area contributed by atoms with Crippen molar-refractivity contribution in [2.45, 2.75) is 34.6 Å². The molecular formula is C16H28N2O. The predicted octanol–water partition coefficient (Wildman–Crippen LogP) is 3.26. The molecule has 3 heteroatoms. The van der Waals surface area contributed by atoms with Gasteiger partial charge in [-0.2, -0.15) is 0 Å². The average Bonchev–Trinajstić information content (AvgIpc) is 2.37. The molecule has 1 atom stereocenters. The summed E-state index contributed by atoms with van der Waals surface area (Å²) in [6.07, 6.45) is 0. The molecule has 1 unspecified atom stereocenters. The van der Waals surface area contributed by atoms with Crippen molar-refractivity contribution in [3.63, 3.8) is 0 Å². The zero-order chi connectivity index (χ0) is 14.6. The van der Waals surface area contributed by atoms with E-state index in [1.54, 1.807) is 7.11 Å². The third-order valence-corrected chi connectivity index (χ3v) is 4.06. The summed E-state index contributed by atoms with van der Waals surface area (Å²) < 4.78 is 5.40. The van der Waals surface area contributed by atoms with E-state index in [2.05, 4.69) is 46.0 Å². The molecule has 0 amide bonds. The third-order valence-electron chi connectivity index (χ3n) is 4.06. The van der Waals surface area contributed by atoms with Gasteiger partial charge in [0.05, 0.1) is 7.11 Å². The van der Waals surface area contributed by atoms with Crippen molar-refractivity contribution in [3.8, 4) is 5.75 Å². The summed E-state index contributed by atoms with van der Waals surface area (Å²) in [5, 5.41) is 3.57. The van der Waals surface area contributed by atoms with Crippen molar-refractivity contribution < 1.29 is 4.74 Å². The van der Waals surface area contributed by atoms with E-state index >= 15 is 0 Å². The van der Waals surface area contributed by atoms with Crippen molar-refractivity contribution >= 4 is 5.69 Å². The zero-order valence-electron chi connectivity index (χ0n) is 13.1. The van der Waals surface area contributed by atoms with Crippen LogP contribution in [-0.2, 0) is 0 Å². The van der Waals surface area contributed by atoms with E-state index < -0.39 is 0 Å². The lowest BCUT2D eigenvalue weighted by atomic mass is 9.95. The molecule has 0 aliphatic heterocycles. The first-order chi connectivity index (χ1) is 8.92. The van der Waals surface area contributed by atoms with Crippen LogP contribution < -0.4 is 15.8 Å². The van der Waals surface area contributed by atoms with Crippen molar-refractivity contribution in [3.05, 3.63) is 22.8 Å². The van der Waals surface area contributed by atoms with Gasteiger partial charge in [0.25, 0.3) is 0 Å². The summed E-state index contributed by atoms with van der Waals surface area (Å²) in [4.78, 5) is 0. The van der Waals surface area contributed by atoms with Crippen LogP contribution >= 0.6 is 0 Å². The molecule has 0 heterocycles. The summed E-state index contributed by atoms with van der Waals surface area (Å²) >= 11 is 0. The minimum absolute atomic E-state index is 0.501. The lowest BCUT2D eigenvalue weighted by Gasteiger charge is -2.23. The summed E-state index contributed by atoms with van der Waals surface area (Å²) in [5.41, 5.74) is 10.7. The van der Waals surface area contributed by atoms with Crippen LogP contribution in [0.5, 0.6) is 5.75 Å². The monoisotopic (exact) mass is 264 g/mol. The minimum atomic E-state index is 0.501. The van der Waals surface area contributed by atoms with Gasteiger partial charge in [0.1, 0.15) is 5.75 Å². The van der Waals surface area contributed by atoms with Crippen molar-refractivity contribution in [2.75, 3.05) is 25.5 Å². The zero-order valence-corrected chi connectivity index (χ0v) is 13.1. The molecule has 1 rings (SSSR count). The number of benzene rings is 1. The Morgan fingerprint density at radius 2 is 1.84 bits per heavy atom. The Hall–Kier alpha value is -1.22.